The number of carbonyl (C=O) groups excluding carboxylic acids is 2. The highest BCUT2D eigenvalue weighted by Crippen LogP contribution is 2.46. The van der Waals surface area contributed by atoms with E-state index in [0.29, 0.717) is 24.5 Å². The highest BCUT2D eigenvalue weighted by molar-refractivity contribution is 6.30. The van der Waals surface area contributed by atoms with Gasteiger partial charge in [0.25, 0.3) is 0 Å². The van der Waals surface area contributed by atoms with Gasteiger partial charge in [-0.15, -0.1) is 0 Å². The van der Waals surface area contributed by atoms with Crippen molar-refractivity contribution in [1.82, 2.24) is 15.1 Å². The SMILES string of the molecule is CC(C)[C@@H](NC(=O)CN(C)C)C(=O)N1CC[C@](O)(c2ccc(Cl)cc2)C(C)(C)C1. The molecule has 2 amide bonds. The van der Waals surface area contributed by atoms with E-state index in [0.717, 1.165) is 5.56 Å². The number of nitrogens with zero attached hydrogens (tertiary/aromatic N) is 2. The number of nitrogens with one attached hydrogen (secondary N) is 1. The lowest BCUT2D eigenvalue weighted by Crippen LogP contribution is -2.60. The van der Waals surface area contributed by atoms with Gasteiger partial charge in [-0.05, 0) is 44.1 Å². The predicted molar refractivity (Wildman–Crippen MR) is 116 cm³/mol. The van der Waals surface area contributed by atoms with E-state index < -0.39 is 17.1 Å². The van der Waals surface area contributed by atoms with Gasteiger partial charge in [-0.1, -0.05) is 51.4 Å². The summed E-state index contributed by atoms with van der Waals surface area (Å²) in [7, 11) is 3.63. The average molecular weight is 424 g/mol. The Hall–Kier alpha value is -1.63. The van der Waals surface area contributed by atoms with E-state index in [-0.39, 0.29) is 24.3 Å². The second-order valence-corrected chi connectivity index (χ2v) is 9.72. The maximum Gasteiger partial charge on any atom is 0.245 e. The first kappa shape index (κ1) is 23.6. The normalized spacial score (nSPS) is 22.6. The minimum absolute atomic E-state index is 0.0335. The first-order valence-corrected chi connectivity index (χ1v) is 10.5. The highest BCUT2D eigenvalue weighted by atomic mass is 35.5. The van der Waals surface area contributed by atoms with E-state index in [2.05, 4.69) is 5.32 Å². The fourth-order valence-electron chi connectivity index (χ4n) is 3.99. The van der Waals surface area contributed by atoms with Gasteiger partial charge in [-0.3, -0.25) is 9.59 Å². The van der Waals surface area contributed by atoms with Gasteiger partial charge in [0.1, 0.15) is 6.04 Å². The molecule has 0 radical (unpaired) electrons. The molecule has 2 rings (SSSR count). The van der Waals surface area contributed by atoms with Crippen LogP contribution in [-0.4, -0.2) is 66.5 Å². The van der Waals surface area contributed by atoms with Crippen molar-refractivity contribution in [3.05, 3.63) is 34.9 Å². The molecular formula is C22H34ClN3O3. The van der Waals surface area contributed by atoms with Crippen LogP contribution in [0.2, 0.25) is 5.02 Å². The van der Waals surface area contributed by atoms with Crippen LogP contribution in [0.25, 0.3) is 0 Å². The second-order valence-electron chi connectivity index (χ2n) is 9.29. The number of piperidine rings is 1. The van der Waals surface area contributed by atoms with E-state index in [4.69, 9.17) is 11.6 Å². The third-order valence-electron chi connectivity index (χ3n) is 5.79. The Balaban J connectivity index is 2.17. The lowest BCUT2D eigenvalue weighted by Gasteiger charge is -2.51. The van der Waals surface area contributed by atoms with Gasteiger partial charge in [0.15, 0.2) is 0 Å². The molecule has 0 bridgehead atoms. The van der Waals surface area contributed by atoms with Gasteiger partial charge in [-0.2, -0.15) is 0 Å². The van der Waals surface area contributed by atoms with Crippen LogP contribution in [0.4, 0.5) is 0 Å². The van der Waals surface area contributed by atoms with Gasteiger partial charge in [0.2, 0.25) is 11.8 Å². The van der Waals surface area contributed by atoms with Crippen molar-refractivity contribution in [2.45, 2.75) is 45.8 Å². The number of halogens is 1. The van der Waals surface area contributed by atoms with Crippen molar-refractivity contribution in [3.63, 3.8) is 0 Å². The van der Waals surface area contributed by atoms with Crippen LogP contribution in [0.5, 0.6) is 0 Å². The molecule has 1 saturated heterocycles. The number of benzene rings is 1. The number of aliphatic hydroxyl groups is 1. The molecule has 6 nitrogen and oxygen atoms in total. The van der Waals surface area contributed by atoms with E-state index in [9.17, 15) is 14.7 Å². The standard InChI is InChI=1S/C22H34ClN3O3/c1-15(2)19(24-18(27)13-25(5)6)20(28)26-12-11-22(29,21(3,4)14-26)16-7-9-17(23)10-8-16/h7-10,15,19,29H,11-14H2,1-6H3,(H,24,27)/t19-,22+/m1/s1. The van der Waals surface area contributed by atoms with E-state index in [1.54, 1.807) is 21.9 Å². The summed E-state index contributed by atoms with van der Waals surface area (Å²) in [6.07, 6.45) is 0.420. The number of hydrogen-bond donors (Lipinski definition) is 2. The third kappa shape index (κ3) is 5.30. The van der Waals surface area contributed by atoms with Crippen LogP contribution >= 0.6 is 11.6 Å². The molecule has 0 saturated carbocycles. The van der Waals surface area contributed by atoms with Gasteiger partial charge in [-0.25, -0.2) is 0 Å². The second kappa shape index (κ2) is 9.02. The number of amides is 2. The number of carbonyl (C=O) groups is 2. The van der Waals surface area contributed by atoms with Gasteiger partial charge in [0.05, 0.1) is 12.1 Å². The molecule has 1 aliphatic heterocycles. The molecule has 0 aromatic heterocycles. The Labute approximate surface area is 179 Å². The largest absolute Gasteiger partial charge is 0.384 e. The quantitative estimate of drug-likeness (QED) is 0.737. The van der Waals surface area contributed by atoms with Crippen LogP contribution < -0.4 is 5.32 Å². The molecule has 1 aromatic rings. The lowest BCUT2D eigenvalue weighted by atomic mass is 9.66. The molecule has 1 aromatic carbocycles. The summed E-state index contributed by atoms with van der Waals surface area (Å²) >= 11 is 6.00. The van der Waals surface area contributed by atoms with Crippen LogP contribution in [0.15, 0.2) is 24.3 Å². The summed E-state index contributed by atoms with van der Waals surface area (Å²) in [4.78, 5) is 29.0. The number of likely N-dealkylation sites (tertiary alicyclic amines) is 1. The van der Waals surface area contributed by atoms with Crippen molar-refractivity contribution in [1.29, 1.82) is 0 Å². The predicted octanol–water partition coefficient (Wildman–Crippen LogP) is 2.49. The molecule has 29 heavy (non-hydrogen) atoms. The Morgan fingerprint density at radius 1 is 1.24 bits per heavy atom. The molecular weight excluding hydrogens is 390 g/mol. The van der Waals surface area contributed by atoms with Gasteiger partial charge >= 0.3 is 0 Å². The van der Waals surface area contributed by atoms with Crippen molar-refractivity contribution in [2.24, 2.45) is 11.3 Å². The molecule has 0 aliphatic carbocycles. The van der Waals surface area contributed by atoms with Crippen molar-refractivity contribution in [2.75, 3.05) is 33.7 Å². The maximum absolute atomic E-state index is 13.2. The van der Waals surface area contributed by atoms with Crippen molar-refractivity contribution in [3.8, 4) is 0 Å². The van der Waals surface area contributed by atoms with Crippen molar-refractivity contribution >= 4 is 23.4 Å². The molecule has 2 N–H and O–H groups in total. The fraction of sp³-hybridized carbons (Fsp3) is 0.636. The summed E-state index contributed by atoms with van der Waals surface area (Å²) in [6.45, 7) is 8.85. The van der Waals surface area contributed by atoms with Crippen LogP contribution in [0.3, 0.4) is 0 Å². The minimum Gasteiger partial charge on any atom is -0.384 e. The zero-order chi connectivity index (χ0) is 22.0. The minimum atomic E-state index is -1.06. The number of rotatable bonds is 6. The Morgan fingerprint density at radius 3 is 2.31 bits per heavy atom. The van der Waals surface area contributed by atoms with Crippen LogP contribution in [0, 0.1) is 11.3 Å². The zero-order valence-electron chi connectivity index (χ0n) is 18.3. The van der Waals surface area contributed by atoms with Crippen molar-refractivity contribution < 1.29 is 14.7 Å². The summed E-state index contributed by atoms with van der Waals surface area (Å²) in [5, 5.41) is 15.0. The van der Waals surface area contributed by atoms with Crippen LogP contribution in [-0.2, 0) is 15.2 Å². The molecule has 1 heterocycles. The average Bonchev–Trinajstić information content (AvgIpc) is 2.61. The third-order valence-corrected chi connectivity index (χ3v) is 6.04. The molecule has 1 aliphatic rings. The van der Waals surface area contributed by atoms with E-state index in [1.165, 1.54) is 0 Å². The highest BCUT2D eigenvalue weighted by Gasteiger charge is 2.50. The molecule has 1 fully saturated rings. The Morgan fingerprint density at radius 2 is 1.83 bits per heavy atom. The van der Waals surface area contributed by atoms with Gasteiger partial charge in [0, 0.05) is 23.5 Å². The molecule has 0 unspecified atom stereocenters. The van der Waals surface area contributed by atoms with E-state index >= 15 is 0 Å². The first-order chi connectivity index (χ1) is 13.4. The topological polar surface area (TPSA) is 72.9 Å². The molecule has 2 atom stereocenters. The van der Waals surface area contributed by atoms with Crippen LogP contribution in [0.1, 0.15) is 39.7 Å². The Bertz CT molecular complexity index is 733. The van der Waals surface area contributed by atoms with Gasteiger partial charge < -0.3 is 20.2 Å². The molecule has 162 valence electrons. The fourth-order valence-corrected chi connectivity index (χ4v) is 4.11. The van der Waals surface area contributed by atoms with E-state index in [1.807, 2.05) is 53.9 Å². The lowest BCUT2D eigenvalue weighted by molar-refractivity contribution is -0.156. The zero-order valence-corrected chi connectivity index (χ0v) is 19.1. The smallest absolute Gasteiger partial charge is 0.245 e. The number of hydrogen-bond acceptors (Lipinski definition) is 4. The monoisotopic (exact) mass is 423 g/mol. The molecule has 0 spiro atoms. The summed E-state index contributed by atoms with van der Waals surface area (Å²) < 4.78 is 0. The summed E-state index contributed by atoms with van der Waals surface area (Å²) in [6, 6.07) is 6.66. The summed E-state index contributed by atoms with van der Waals surface area (Å²) in [5.74, 6) is -0.303. The maximum atomic E-state index is 13.2. The Kier molecular flexibility index (Phi) is 7.36. The molecule has 7 heteroatoms. The number of likely N-dealkylation sites (N-methyl/N-ethyl adjacent to an activating group) is 1. The first-order valence-electron chi connectivity index (χ1n) is 10.1. The summed E-state index contributed by atoms with van der Waals surface area (Å²) in [5.41, 5.74) is -0.821.